The lowest BCUT2D eigenvalue weighted by Crippen LogP contribution is -2.49. The van der Waals surface area contributed by atoms with E-state index in [1.165, 1.54) is 24.3 Å². The van der Waals surface area contributed by atoms with Crippen LogP contribution in [0.3, 0.4) is 0 Å². The number of hydrogen-bond acceptors (Lipinski definition) is 5. The van der Waals surface area contributed by atoms with Crippen molar-refractivity contribution in [1.29, 1.82) is 0 Å². The summed E-state index contributed by atoms with van der Waals surface area (Å²) in [6.07, 6.45) is 5.59. The molecule has 1 heterocycles. The number of carbonyl (C=O) groups is 2. The first-order valence-electron chi connectivity index (χ1n) is 8.29. The lowest BCUT2D eigenvalue weighted by Gasteiger charge is -2.38. The quantitative estimate of drug-likeness (QED) is 0.354. The molecule has 2 atom stereocenters. The molecule has 1 saturated heterocycles. The Morgan fingerprint density at radius 2 is 2.00 bits per heavy atom. The maximum atomic E-state index is 12.3. The van der Waals surface area contributed by atoms with E-state index in [-0.39, 0.29) is 30.3 Å². The van der Waals surface area contributed by atoms with E-state index in [2.05, 4.69) is 0 Å². The molecule has 1 fully saturated rings. The first kappa shape index (κ1) is 18.6. The number of nitrogens with zero attached hydrogens (tertiary/aromatic N) is 2. The van der Waals surface area contributed by atoms with Gasteiger partial charge in [-0.05, 0) is 44.7 Å². The largest absolute Gasteiger partial charge is 0.452 e. The van der Waals surface area contributed by atoms with E-state index in [0.717, 1.165) is 25.3 Å². The standard InChI is InChI=1S/C18H22N2O5/c1-13-5-3-6-14(2)19(13)17(21)12-25-18(22)10-9-15-7-4-8-16(11-15)20(23)24/h4,7-11,13-14H,3,5-6,12H2,1-2H3/b10-9+/t13-,14-/m1/s1. The van der Waals surface area contributed by atoms with Crippen molar-refractivity contribution in [2.75, 3.05) is 6.61 Å². The number of benzene rings is 1. The van der Waals surface area contributed by atoms with Gasteiger partial charge in [0.25, 0.3) is 11.6 Å². The second-order valence-corrected chi connectivity index (χ2v) is 6.22. The van der Waals surface area contributed by atoms with Gasteiger partial charge in [-0.25, -0.2) is 4.79 Å². The Morgan fingerprint density at radius 1 is 1.32 bits per heavy atom. The van der Waals surface area contributed by atoms with Gasteiger partial charge in [0.1, 0.15) is 0 Å². The molecule has 2 rings (SSSR count). The van der Waals surface area contributed by atoms with Crippen molar-refractivity contribution in [2.45, 2.75) is 45.2 Å². The number of piperidine rings is 1. The van der Waals surface area contributed by atoms with Crippen LogP contribution in [0.4, 0.5) is 5.69 Å². The number of carbonyl (C=O) groups excluding carboxylic acids is 2. The van der Waals surface area contributed by atoms with Gasteiger partial charge in [-0.2, -0.15) is 0 Å². The Kier molecular flexibility index (Phi) is 6.27. The molecule has 0 radical (unpaired) electrons. The summed E-state index contributed by atoms with van der Waals surface area (Å²) in [5.41, 5.74) is 0.453. The van der Waals surface area contributed by atoms with E-state index >= 15 is 0 Å². The second kappa shape index (κ2) is 8.41. The zero-order valence-corrected chi connectivity index (χ0v) is 14.4. The first-order chi connectivity index (χ1) is 11.9. The van der Waals surface area contributed by atoms with E-state index in [1.54, 1.807) is 11.0 Å². The third-order valence-corrected chi connectivity index (χ3v) is 4.31. The highest BCUT2D eigenvalue weighted by Gasteiger charge is 2.29. The van der Waals surface area contributed by atoms with Crippen molar-refractivity contribution in [1.82, 2.24) is 4.90 Å². The monoisotopic (exact) mass is 346 g/mol. The summed E-state index contributed by atoms with van der Waals surface area (Å²) >= 11 is 0. The number of esters is 1. The van der Waals surface area contributed by atoms with Gasteiger partial charge in [0.15, 0.2) is 6.61 Å². The Bertz CT molecular complexity index is 676. The summed E-state index contributed by atoms with van der Waals surface area (Å²) in [5.74, 6) is -0.853. The lowest BCUT2D eigenvalue weighted by atomic mass is 9.97. The van der Waals surface area contributed by atoms with Crippen molar-refractivity contribution in [2.24, 2.45) is 0 Å². The molecule has 134 valence electrons. The van der Waals surface area contributed by atoms with Crippen molar-refractivity contribution in [3.8, 4) is 0 Å². The van der Waals surface area contributed by atoms with E-state index < -0.39 is 10.9 Å². The number of amides is 1. The highest BCUT2D eigenvalue weighted by Crippen LogP contribution is 2.22. The molecule has 1 amide bonds. The van der Waals surface area contributed by atoms with Crippen molar-refractivity contribution in [3.63, 3.8) is 0 Å². The van der Waals surface area contributed by atoms with Gasteiger partial charge in [-0.1, -0.05) is 12.1 Å². The molecule has 1 aliphatic rings. The molecule has 0 aromatic heterocycles. The van der Waals surface area contributed by atoms with Gasteiger partial charge in [0.05, 0.1) is 4.92 Å². The van der Waals surface area contributed by atoms with E-state index in [0.29, 0.717) is 5.56 Å². The maximum Gasteiger partial charge on any atom is 0.331 e. The molecule has 1 aromatic carbocycles. The van der Waals surface area contributed by atoms with Crippen LogP contribution in [0.5, 0.6) is 0 Å². The first-order valence-corrected chi connectivity index (χ1v) is 8.29. The number of likely N-dealkylation sites (tertiary alicyclic amines) is 1. The molecule has 0 N–H and O–H groups in total. The van der Waals surface area contributed by atoms with Gasteiger partial charge in [-0.15, -0.1) is 0 Å². The highest BCUT2D eigenvalue weighted by molar-refractivity contribution is 5.89. The van der Waals surface area contributed by atoms with Gasteiger partial charge in [-0.3, -0.25) is 14.9 Å². The average Bonchev–Trinajstić information content (AvgIpc) is 2.58. The maximum absolute atomic E-state index is 12.3. The van der Waals surface area contributed by atoms with E-state index in [9.17, 15) is 19.7 Å². The summed E-state index contributed by atoms with van der Waals surface area (Å²) in [6.45, 7) is 3.70. The molecule has 25 heavy (non-hydrogen) atoms. The van der Waals surface area contributed by atoms with Crippen molar-refractivity contribution in [3.05, 3.63) is 46.0 Å². The van der Waals surface area contributed by atoms with Crippen LogP contribution in [0.2, 0.25) is 0 Å². The normalized spacial score (nSPS) is 20.5. The fourth-order valence-corrected chi connectivity index (χ4v) is 3.07. The minimum Gasteiger partial charge on any atom is -0.452 e. The molecule has 0 aliphatic carbocycles. The van der Waals surface area contributed by atoms with Crippen LogP contribution >= 0.6 is 0 Å². The highest BCUT2D eigenvalue weighted by atomic mass is 16.6. The third kappa shape index (κ3) is 5.14. The van der Waals surface area contributed by atoms with Crippen LogP contribution in [0.1, 0.15) is 38.7 Å². The Morgan fingerprint density at radius 3 is 2.64 bits per heavy atom. The minimum atomic E-state index is -0.655. The fraction of sp³-hybridized carbons (Fsp3) is 0.444. The molecule has 1 aromatic rings. The van der Waals surface area contributed by atoms with Crippen molar-refractivity contribution >= 4 is 23.6 Å². The smallest absolute Gasteiger partial charge is 0.331 e. The SMILES string of the molecule is C[C@@H]1CCC[C@@H](C)N1C(=O)COC(=O)/C=C/c1cccc([N+](=O)[O-])c1. The fourth-order valence-electron chi connectivity index (χ4n) is 3.07. The molecule has 0 saturated carbocycles. The summed E-state index contributed by atoms with van der Waals surface area (Å²) in [5, 5.41) is 10.7. The van der Waals surface area contributed by atoms with E-state index in [1.807, 2.05) is 13.8 Å². The number of non-ortho nitro benzene ring substituents is 1. The summed E-state index contributed by atoms with van der Waals surface area (Å²) in [7, 11) is 0. The molecule has 0 spiro atoms. The Balaban J connectivity index is 1.88. The lowest BCUT2D eigenvalue weighted by molar-refractivity contribution is -0.384. The van der Waals surface area contributed by atoms with Gasteiger partial charge in [0, 0.05) is 30.3 Å². The number of ether oxygens (including phenoxy) is 1. The van der Waals surface area contributed by atoms with Crippen LogP contribution in [-0.2, 0) is 14.3 Å². The predicted molar refractivity (Wildman–Crippen MR) is 92.7 cm³/mol. The van der Waals surface area contributed by atoms with Crippen molar-refractivity contribution < 1.29 is 19.2 Å². The van der Waals surface area contributed by atoms with Crippen LogP contribution in [0, 0.1) is 10.1 Å². The molecule has 7 nitrogen and oxygen atoms in total. The van der Waals surface area contributed by atoms with Gasteiger partial charge < -0.3 is 9.64 Å². The average molecular weight is 346 g/mol. The molecular weight excluding hydrogens is 324 g/mol. The van der Waals surface area contributed by atoms with Gasteiger partial charge in [0.2, 0.25) is 0 Å². The predicted octanol–water partition coefficient (Wildman–Crippen LogP) is 2.94. The molecular formula is C18H22N2O5. The third-order valence-electron chi connectivity index (χ3n) is 4.31. The zero-order valence-electron chi connectivity index (χ0n) is 14.4. The second-order valence-electron chi connectivity index (χ2n) is 6.22. The number of nitro groups is 1. The Labute approximate surface area is 146 Å². The van der Waals surface area contributed by atoms with E-state index in [4.69, 9.17) is 4.74 Å². The summed E-state index contributed by atoms with van der Waals surface area (Å²) in [4.78, 5) is 36.0. The van der Waals surface area contributed by atoms with Crippen LogP contribution in [0.25, 0.3) is 6.08 Å². The van der Waals surface area contributed by atoms with Gasteiger partial charge >= 0.3 is 5.97 Å². The number of rotatable bonds is 5. The zero-order chi connectivity index (χ0) is 18.4. The van der Waals surface area contributed by atoms with Crippen LogP contribution in [0.15, 0.2) is 30.3 Å². The molecule has 1 aliphatic heterocycles. The molecule has 0 bridgehead atoms. The van der Waals surface area contributed by atoms with Crippen LogP contribution in [-0.4, -0.2) is 40.4 Å². The summed E-state index contributed by atoms with van der Waals surface area (Å²) < 4.78 is 5.00. The number of nitro benzene ring substituents is 1. The Hall–Kier alpha value is -2.70. The molecule has 0 unspecified atom stereocenters. The number of hydrogen-bond donors (Lipinski definition) is 0. The molecule has 7 heteroatoms. The topological polar surface area (TPSA) is 89.8 Å². The van der Waals surface area contributed by atoms with Crippen LogP contribution < -0.4 is 0 Å². The minimum absolute atomic E-state index is 0.0567. The summed E-state index contributed by atoms with van der Waals surface area (Å²) in [6, 6.07) is 6.19.